The molecule has 3 aromatic rings. The molecule has 0 aliphatic rings. The molecular weight excluding hydrogens is 251 g/mol. The predicted molar refractivity (Wildman–Crippen MR) is 70.1 cm³/mol. The second-order valence-corrected chi connectivity index (χ2v) is 5.11. The van der Waals surface area contributed by atoms with E-state index in [0.717, 1.165) is 16.2 Å². The number of hydrogen-bond donors (Lipinski definition) is 1. The van der Waals surface area contributed by atoms with Crippen LogP contribution < -0.4 is 5.73 Å². The van der Waals surface area contributed by atoms with E-state index < -0.39 is 0 Å². The summed E-state index contributed by atoms with van der Waals surface area (Å²) in [5.74, 6) is 0.0675. The van der Waals surface area contributed by atoms with Crippen LogP contribution in [0.2, 0.25) is 0 Å². The summed E-state index contributed by atoms with van der Waals surface area (Å²) in [5, 5.41) is 3.00. The molecule has 2 aromatic heterocycles. The van der Waals surface area contributed by atoms with Gasteiger partial charge in [0.15, 0.2) is 0 Å². The molecule has 2 heterocycles. The SMILES string of the molecule is Cc1nc(Cn2c(N)nc3cc(F)ccc32)cs1. The van der Waals surface area contributed by atoms with Crippen LogP contribution in [0.1, 0.15) is 10.7 Å². The average molecular weight is 262 g/mol. The van der Waals surface area contributed by atoms with Crippen molar-refractivity contribution in [3.05, 3.63) is 40.1 Å². The van der Waals surface area contributed by atoms with Crippen molar-refractivity contribution in [2.75, 3.05) is 5.73 Å². The Morgan fingerprint density at radius 3 is 2.94 bits per heavy atom. The first-order chi connectivity index (χ1) is 8.63. The number of benzene rings is 1. The standard InChI is InChI=1S/C12H11FN4S/c1-7-15-9(6-18-7)5-17-11-3-2-8(13)4-10(11)16-12(17)14/h2-4,6H,5H2,1H3,(H2,14,16). The molecule has 0 aliphatic heterocycles. The van der Waals surface area contributed by atoms with Gasteiger partial charge in [-0.25, -0.2) is 14.4 Å². The summed E-state index contributed by atoms with van der Waals surface area (Å²) < 4.78 is 14.9. The molecule has 0 aliphatic carbocycles. The Hall–Kier alpha value is -1.95. The van der Waals surface area contributed by atoms with E-state index in [1.807, 2.05) is 16.9 Å². The van der Waals surface area contributed by atoms with Gasteiger partial charge in [0.25, 0.3) is 0 Å². The summed E-state index contributed by atoms with van der Waals surface area (Å²) in [5.41, 5.74) is 8.19. The number of aryl methyl sites for hydroxylation is 1. The zero-order chi connectivity index (χ0) is 12.7. The van der Waals surface area contributed by atoms with Crippen LogP contribution in [0.3, 0.4) is 0 Å². The van der Waals surface area contributed by atoms with E-state index in [-0.39, 0.29) is 5.82 Å². The van der Waals surface area contributed by atoms with Gasteiger partial charge in [-0.3, -0.25) is 0 Å². The van der Waals surface area contributed by atoms with E-state index in [1.165, 1.54) is 12.1 Å². The van der Waals surface area contributed by atoms with Crippen LogP contribution in [0.25, 0.3) is 11.0 Å². The van der Waals surface area contributed by atoms with Gasteiger partial charge in [0.2, 0.25) is 5.95 Å². The molecule has 92 valence electrons. The van der Waals surface area contributed by atoms with Gasteiger partial charge in [-0.2, -0.15) is 0 Å². The lowest BCUT2D eigenvalue weighted by Crippen LogP contribution is -2.04. The van der Waals surface area contributed by atoms with Crippen LogP contribution in [0.4, 0.5) is 10.3 Å². The van der Waals surface area contributed by atoms with E-state index in [9.17, 15) is 4.39 Å². The molecule has 18 heavy (non-hydrogen) atoms. The fraction of sp³-hybridized carbons (Fsp3) is 0.167. The number of nitrogen functional groups attached to an aromatic ring is 1. The number of halogens is 1. The number of aromatic nitrogens is 3. The highest BCUT2D eigenvalue weighted by Gasteiger charge is 2.10. The molecule has 3 rings (SSSR count). The molecule has 0 bridgehead atoms. The van der Waals surface area contributed by atoms with Gasteiger partial charge < -0.3 is 10.3 Å². The molecule has 0 atom stereocenters. The highest BCUT2D eigenvalue weighted by atomic mass is 32.1. The van der Waals surface area contributed by atoms with E-state index in [1.54, 1.807) is 17.4 Å². The lowest BCUT2D eigenvalue weighted by atomic mass is 10.3. The Balaban J connectivity index is 2.08. The van der Waals surface area contributed by atoms with Crippen molar-refractivity contribution in [1.82, 2.24) is 14.5 Å². The van der Waals surface area contributed by atoms with Gasteiger partial charge in [-0.15, -0.1) is 11.3 Å². The minimum atomic E-state index is -0.309. The van der Waals surface area contributed by atoms with Crippen LogP contribution >= 0.6 is 11.3 Å². The second-order valence-electron chi connectivity index (χ2n) is 4.05. The predicted octanol–water partition coefficient (Wildman–Crippen LogP) is 2.57. The Labute approximate surface area is 107 Å². The first-order valence-corrected chi connectivity index (χ1v) is 6.34. The van der Waals surface area contributed by atoms with Gasteiger partial charge in [0, 0.05) is 11.4 Å². The maximum absolute atomic E-state index is 13.1. The smallest absolute Gasteiger partial charge is 0.201 e. The molecule has 0 fully saturated rings. The van der Waals surface area contributed by atoms with Gasteiger partial charge in [-0.05, 0) is 19.1 Å². The first-order valence-electron chi connectivity index (χ1n) is 5.46. The number of fused-ring (bicyclic) bond motifs is 1. The van der Waals surface area contributed by atoms with Crippen LogP contribution in [-0.4, -0.2) is 14.5 Å². The fourth-order valence-corrected chi connectivity index (χ4v) is 2.53. The maximum Gasteiger partial charge on any atom is 0.201 e. The minimum Gasteiger partial charge on any atom is -0.369 e. The van der Waals surface area contributed by atoms with Crippen molar-refractivity contribution in [2.24, 2.45) is 0 Å². The van der Waals surface area contributed by atoms with Crippen LogP contribution in [-0.2, 0) is 6.54 Å². The molecule has 2 N–H and O–H groups in total. The number of nitrogens with zero attached hydrogens (tertiary/aromatic N) is 3. The number of imidazole rings is 1. The van der Waals surface area contributed by atoms with Gasteiger partial charge in [0.05, 0.1) is 28.3 Å². The minimum absolute atomic E-state index is 0.309. The average Bonchev–Trinajstić information content (AvgIpc) is 2.84. The Morgan fingerprint density at radius 2 is 2.22 bits per heavy atom. The van der Waals surface area contributed by atoms with Crippen molar-refractivity contribution in [3.8, 4) is 0 Å². The normalized spacial score (nSPS) is 11.2. The highest BCUT2D eigenvalue weighted by molar-refractivity contribution is 7.09. The van der Waals surface area contributed by atoms with Gasteiger partial charge in [0.1, 0.15) is 5.82 Å². The monoisotopic (exact) mass is 262 g/mol. The summed E-state index contributed by atoms with van der Waals surface area (Å²) in [6.07, 6.45) is 0. The number of thiazole rings is 1. The highest BCUT2D eigenvalue weighted by Crippen LogP contribution is 2.20. The number of rotatable bonds is 2. The van der Waals surface area contributed by atoms with E-state index in [0.29, 0.717) is 18.0 Å². The van der Waals surface area contributed by atoms with Crippen molar-refractivity contribution in [1.29, 1.82) is 0 Å². The number of anilines is 1. The lowest BCUT2D eigenvalue weighted by molar-refractivity contribution is 0.629. The van der Waals surface area contributed by atoms with Crippen molar-refractivity contribution in [2.45, 2.75) is 13.5 Å². The third kappa shape index (κ3) is 1.84. The van der Waals surface area contributed by atoms with Crippen molar-refractivity contribution in [3.63, 3.8) is 0 Å². The number of nitrogens with two attached hydrogens (primary N) is 1. The third-order valence-electron chi connectivity index (χ3n) is 2.73. The van der Waals surface area contributed by atoms with Gasteiger partial charge >= 0.3 is 0 Å². The van der Waals surface area contributed by atoms with Crippen molar-refractivity contribution < 1.29 is 4.39 Å². The Bertz CT molecular complexity index is 716. The Kier molecular flexibility index (Phi) is 2.52. The topological polar surface area (TPSA) is 56.7 Å². The quantitative estimate of drug-likeness (QED) is 0.772. The Morgan fingerprint density at radius 1 is 1.39 bits per heavy atom. The summed E-state index contributed by atoms with van der Waals surface area (Å²) in [6.45, 7) is 2.51. The molecular formula is C12H11FN4S. The van der Waals surface area contributed by atoms with E-state index in [4.69, 9.17) is 5.73 Å². The summed E-state index contributed by atoms with van der Waals surface area (Å²) in [6, 6.07) is 4.48. The number of hydrogen-bond acceptors (Lipinski definition) is 4. The molecule has 0 saturated carbocycles. The van der Waals surface area contributed by atoms with Gasteiger partial charge in [-0.1, -0.05) is 0 Å². The van der Waals surface area contributed by atoms with Crippen molar-refractivity contribution >= 4 is 28.3 Å². The summed E-state index contributed by atoms with van der Waals surface area (Å²) in [7, 11) is 0. The molecule has 4 nitrogen and oxygen atoms in total. The molecule has 0 amide bonds. The van der Waals surface area contributed by atoms with E-state index >= 15 is 0 Å². The molecule has 0 saturated heterocycles. The maximum atomic E-state index is 13.1. The zero-order valence-electron chi connectivity index (χ0n) is 9.72. The zero-order valence-corrected chi connectivity index (χ0v) is 10.5. The molecule has 0 spiro atoms. The van der Waals surface area contributed by atoms with Crippen LogP contribution in [0.5, 0.6) is 0 Å². The molecule has 0 unspecified atom stereocenters. The largest absolute Gasteiger partial charge is 0.369 e. The molecule has 0 radical (unpaired) electrons. The third-order valence-corrected chi connectivity index (χ3v) is 3.55. The van der Waals surface area contributed by atoms with Crippen LogP contribution in [0, 0.1) is 12.7 Å². The second kappa shape index (κ2) is 4.06. The van der Waals surface area contributed by atoms with E-state index in [2.05, 4.69) is 9.97 Å². The van der Waals surface area contributed by atoms with Crippen LogP contribution in [0.15, 0.2) is 23.6 Å². The summed E-state index contributed by atoms with van der Waals surface area (Å²) >= 11 is 1.59. The molecule has 6 heteroatoms. The summed E-state index contributed by atoms with van der Waals surface area (Å²) in [4.78, 5) is 8.54. The lowest BCUT2D eigenvalue weighted by Gasteiger charge is -2.03. The molecule has 1 aromatic carbocycles. The fourth-order valence-electron chi connectivity index (χ4n) is 1.93. The first kappa shape index (κ1) is 11.2.